The number of nitrogens with zero attached hydrogens (tertiary/aromatic N) is 3. The molecule has 5 rings (SSSR count). The van der Waals surface area contributed by atoms with Crippen LogP contribution in [-0.2, 0) is 4.79 Å². The number of hydrogen-bond acceptors (Lipinski definition) is 4. The molecular formula is C22H21N3O3. The molecule has 2 aromatic heterocycles. The van der Waals surface area contributed by atoms with Crippen molar-refractivity contribution in [2.24, 2.45) is 5.92 Å². The third-order valence-corrected chi connectivity index (χ3v) is 5.39. The van der Waals surface area contributed by atoms with Crippen LogP contribution in [0.25, 0.3) is 10.9 Å². The van der Waals surface area contributed by atoms with Crippen LogP contribution in [0.2, 0.25) is 0 Å². The lowest BCUT2D eigenvalue weighted by molar-refractivity contribution is -0.117. The molecule has 1 aliphatic heterocycles. The number of pyridine rings is 1. The first kappa shape index (κ1) is 17.0. The number of ether oxygens (including phenoxy) is 1. The van der Waals surface area contributed by atoms with E-state index >= 15 is 0 Å². The van der Waals surface area contributed by atoms with Crippen molar-refractivity contribution in [3.63, 3.8) is 0 Å². The Kier molecular flexibility index (Phi) is 4.11. The van der Waals surface area contributed by atoms with Gasteiger partial charge in [0.25, 0.3) is 0 Å². The van der Waals surface area contributed by atoms with E-state index in [0.717, 1.165) is 17.3 Å². The van der Waals surface area contributed by atoms with Crippen molar-refractivity contribution in [3.8, 4) is 11.5 Å². The summed E-state index contributed by atoms with van der Waals surface area (Å²) in [5.74, 6) is 2.76. The summed E-state index contributed by atoms with van der Waals surface area (Å²) in [6.45, 7) is 0.698. The van der Waals surface area contributed by atoms with Crippen LogP contribution in [0.5, 0.6) is 11.5 Å². The fourth-order valence-electron chi connectivity index (χ4n) is 3.71. The summed E-state index contributed by atoms with van der Waals surface area (Å²) in [7, 11) is 0. The Morgan fingerprint density at radius 2 is 2.00 bits per heavy atom. The monoisotopic (exact) mass is 375 g/mol. The number of aromatic nitrogens is 2. The molecule has 2 aliphatic rings. The van der Waals surface area contributed by atoms with Gasteiger partial charge in [0.05, 0.1) is 5.52 Å². The summed E-state index contributed by atoms with van der Waals surface area (Å²) in [6.07, 6.45) is 7.87. The molecule has 6 nitrogen and oxygen atoms in total. The van der Waals surface area contributed by atoms with Crippen LogP contribution < -0.4 is 9.64 Å². The van der Waals surface area contributed by atoms with Gasteiger partial charge < -0.3 is 4.74 Å². The molecule has 3 heterocycles. The van der Waals surface area contributed by atoms with Gasteiger partial charge in [0.15, 0.2) is 0 Å². The highest BCUT2D eigenvalue weighted by Crippen LogP contribution is 2.34. The van der Waals surface area contributed by atoms with Crippen molar-refractivity contribution in [2.45, 2.75) is 32.1 Å². The minimum absolute atomic E-state index is 0.100. The molecule has 1 aliphatic carbocycles. The minimum atomic E-state index is 0.100. The summed E-state index contributed by atoms with van der Waals surface area (Å²) >= 11 is 0. The number of amides is 1. The van der Waals surface area contributed by atoms with E-state index in [2.05, 4.69) is 4.98 Å². The maximum atomic E-state index is 12.4. The number of anilines is 1. The molecule has 2 fully saturated rings. The molecule has 1 aromatic carbocycles. The molecule has 0 radical (unpaired) electrons. The predicted octanol–water partition coefficient (Wildman–Crippen LogP) is 4.40. The third kappa shape index (κ3) is 3.26. The van der Waals surface area contributed by atoms with E-state index < -0.39 is 0 Å². The van der Waals surface area contributed by atoms with E-state index in [1.165, 1.54) is 12.8 Å². The maximum Gasteiger partial charge on any atom is 0.231 e. The van der Waals surface area contributed by atoms with Gasteiger partial charge in [-0.1, -0.05) is 0 Å². The Morgan fingerprint density at radius 1 is 1.14 bits per heavy atom. The first-order valence-electron chi connectivity index (χ1n) is 9.76. The van der Waals surface area contributed by atoms with E-state index in [0.29, 0.717) is 42.6 Å². The van der Waals surface area contributed by atoms with Crippen LogP contribution in [0.1, 0.15) is 36.9 Å². The van der Waals surface area contributed by atoms with Gasteiger partial charge in [-0.3, -0.25) is 19.1 Å². The van der Waals surface area contributed by atoms with E-state index in [1.807, 2.05) is 30.5 Å². The SMILES string of the molecule is O=C1CCCN1c1cc(Oc2ccc3c(ccn3C(=O)CC3CC3)c2)ccn1. The van der Waals surface area contributed by atoms with Crippen molar-refractivity contribution >= 4 is 28.5 Å². The van der Waals surface area contributed by atoms with Gasteiger partial charge in [-0.2, -0.15) is 0 Å². The molecule has 0 N–H and O–H groups in total. The molecule has 28 heavy (non-hydrogen) atoms. The van der Waals surface area contributed by atoms with Crippen molar-refractivity contribution < 1.29 is 14.3 Å². The topological polar surface area (TPSA) is 64.4 Å². The van der Waals surface area contributed by atoms with E-state index in [9.17, 15) is 9.59 Å². The lowest BCUT2D eigenvalue weighted by Crippen LogP contribution is -2.24. The molecule has 3 aromatic rings. The first-order valence-corrected chi connectivity index (χ1v) is 9.76. The first-order chi connectivity index (χ1) is 13.7. The Hall–Kier alpha value is -3.15. The van der Waals surface area contributed by atoms with Crippen molar-refractivity contribution in [1.82, 2.24) is 9.55 Å². The molecule has 0 unspecified atom stereocenters. The van der Waals surface area contributed by atoms with Crippen molar-refractivity contribution in [2.75, 3.05) is 11.4 Å². The lowest BCUT2D eigenvalue weighted by Gasteiger charge is -2.15. The van der Waals surface area contributed by atoms with Gasteiger partial charge in [-0.05, 0) is 55.5 Å². The number of hydrogen-bond donors (Lipinski definition) is 0. The number of benzene rings is 1. The summed E-state index contributed by atoms with van der Waals surface area (Å²) in [6, 6.07) is 11.2. The molecule has 1 saturated carbocycles. The quantitative estimate of drug-likeness (QED) is 0.663. The van der Waals surface area contributed by atoms with Crippen LogP contribution in [0, 0.1) is 5.92 Å². The minimum Gasteiger partial charge on any atom is -0.457 e. The second kappa shape index (κ2) is 6.78. The molecule has 0 spiro atoms. The predicted molar refractivity (Wildman–Crippen MR) is 106 cm³/mol. The number of carbonyl (C=O) groups is 2. The van der Waals surface area contributed by atoms with Gasteiger partial charge in [0, 0.05) is 43.2 Å². The Bertz CT molecular complexity index is 1070. The molecule has 1 amide bonds. The molecular weight excluding hydrogens is 354 g/mol. The normalized spacial score (nSPS) is 16.7. The number of fused-ring (bicyclic) bond motifs is 1. The van der Waals surface area contributed by atoms with Crippen molar-refractivity contribution in [3.05, 3.63) is 48.8 Å². The van der Waals surface area contributed by atoms with Gasteiger partial charge in [0.2, 0.25) is 11.8 Å². The largest absolute Gasteiger partial charge is 0.457 e. The smallest absolute Gasteiger partial charge is 0.231 e. The van der Waals surface area contributed by atoms with Gasteiger partial charge in [-0.15, -0.1) is 0 Å². The fraction of sp³-hybridized carbons (Fsp3) is 0.318. The zero-order valence-electron chi connectivity index (χ0n) is 15.5. The van der Waals surface area contributed by atoms with E-state index in [4.69, 9.17) is 4.74 Å². The van der Waals surface area contributed by atoms with Crippen LogP contribution >= 0.6 is 0 Å². The summed E-state index contributed by atoms with van der Waals surface area (Å²) < 4.78 is 7.73. The van der Waals surface area contributed by atoms with Crippen LogP contribution in [0.15, 0.2) is 48.8 Å². The molecule has 142 valence electrons. The summed E-state index contributed by atoms with van der Waals surface area (Å²) in [5, 5.41) is 0.964. The molecule has 0 atom stereocenters. The zero-order chi connectivity index (χ0) is 19.1. The Labute approximate surface area is 162 Å². The number of carbonyl (C=O) groups excluding carboxylic acids is 2. The standard InChI is InChI=1S/C22H21N3O3/c26-21-2-1-10-25(21)20-14-18(7-9-23-20)28-17-5-6-19-16(13-17)8-11-24(19)22(27)12-15-3-4-15/h5-9,11,13-15H,1-4,10,12H2. The van der Waals surface area contributed by atoms with Gasteiger partial charge >= 0.3 is 0 Å². The second-order valence-corrected chi connectivity index (χ2v) is 7.55. The summed E-state index contributed by atoms with van der Waals surface area (Å²) in [4.78, 5) is 30.4. The van der Waals surface area contributed by atoms with Crippen LogP contribution in [0.3, 0.4) is 0 Å². The average molecular weight is 375 g/mol. The van der Waals surface area contributed by atoms with Crippen molar-refractivity contribution in [1.29, 1.82) is 0 Å². The lowest BCUT2D eigenvalue weighted by atomic mass is 10.2. The number of rotatable bonds is 5. The van der Waals surface area contributed by atoms with Crippen LogP contribution in [0.4, 0.5) is 5.82 Å². The molecule has 1 saturated heterocycles. The van der Waals surface area contributed by atoms with Gasteiger partial charge in [0.1, 0.15) is 17.3 Å². The Morgan fingerprint density at radius 3 is 2.79 bits per heavy atom. The van der Waals surface area contributed by atoms with Gasteiger partial charge in [-0.25, -0.2) is 4.98 Å². The highest BCUT2D eigenvalue weighted by Gasteiger charge is 2.25. The fourth-order valence-corrected chi connectivity index (χ4v) is 3.71. The molecule has 0 bridgehead atoms. The van der Waals surface area contributed by atoms with Crippen LogP contribution in [-0.4, -0.2) is 27.9 Å². The highest BCUT2D eigenvalue weighted by molar-refractivity contribution is 5.95. The Balaban J connectivity index is 1.37. The maximum absolute atomic E-state index is 12.4. The average Bonchev–Trinajstić information content (AvgIpc) is 3.23. The van der Waals surface area contributed by atoms with E-state index in [-0.39, 0.29) is 11.8 Å². The second-order valence-electron chi connectivity index (χ2n) is 7.55. The highest BCUT2D eigenvalue weighted by atomic mass is 16.5. The molecule has 6 heteroatoms. The third-order valence-electron chi connectivity index (χ3n) is 5.39. The zero-order valence-corrected chi connectivity index (χ0v) is 15.5. The van der Waals surface area contributed by atoms with E-state index in [1.54, 1.807) is 27.8 Å². The summed E-state index contributed by atoms with van der Waals surface area (Å²) in [5.41, 5.74) is 0.899.